The molecule has 0 spiro atoms. The van der Waals surface area contributed by atoms with Gasteiger partial charge in [-0.25, -0.2) is 0 Å². The Morgan fingerprint density at radius 3 is 2.48 bits per heavy atom. The Labute approximate surface area is 172 Å². The van der Waals surface area contributed by atoms with Crippen LogP contribution in [-0.2, 0) is 22.3 Å². The number of hydrogen-bond acceptors (Lipinski definition) is 4. The van der Waals surface area contributed by atoms with Crippen molar-refractivity contribution in [2.24, 2.45) is 0 Å². The third-order valence-electron chi connectivity index (χ3n) is 6.29. The largest absolute Gasteiger partial charge is 0.417 e. The zero-order valence-corrected chi connectivity index (χ0v) is 17.1. The molecule has 1 aliphatic carbocycles. The molecule has 1 aromatic heterocycles. The molecular formula is C20H23ClF3N3O2. The molecule has 0 bridgehead atoms. The summed E-state index contributed by atoms with van der Waals surface area (Å²) in [6, 6.07) is 5.63. The second kappa shape index (κ2) is 7.56. The lowest BCUT2D eigenvalue weighted by Crippen LogP contribution is -2.49. The number of rotatable bonds is 3. The smallest absolute Gasteiger partial charge is 0.381 e. The summed E-state index contributed by atoms with van der Waals surface area (Å²) < 4.78 is 53.1. The molecule has 2 aromatic rings. The van der Waals surface area contributed by atoms with Gasteiger partial charge in [-0.1, -0.05) is 11.6 Å². The van der Waals surface area contributed by atoms with E-state index < -0.39 is 11.8 Å². The van der Waals surface area contributed by atoms with Crippen molar-refractivity contribution >= 4 is 11.6 Å². The van der Waals surface area contributed by atoms with Crippen molar-refractivity contribution in [2.75, 3.05) is 14.2 Å². The van der Waals surface area contributed by atoms with Gasteiger partial charge in [0.05, 0.1) is 11.8 Å². The van der Waals surface area contributed by atoms with Crippen LogP contribution in [0.2, 0.25) is 5.02 Å². The average Bonchev–Trinajstić information content (AvgIpc) is 3.03. The number of benzene rings is 1. The summed E-state index contributed by atoms with van der Waals surface area (Å²) in [6.07, 6.45) is -2.70. The fourth-order valence-corrected chi connectivity index (χ4v) is 4.75. The molecule has 1 fully saturated rings. The molecule has 1 aromatic carbocycles. The van der Waals surface area contributed by atoms with Crippen LogP contribution in [0, 0.1) is 0 Å². The van der Waals surface area contributed by atoms with Crippen LogP contribution >= 0.6 is 11.6 Å². The topological polar surface area (TPSA) is 49.2 Å². The standard InChI is InChI=1S/C20H23ClF3N3O2/c1-28-15-10-13-9-14(21)3-4-16(13)27-17(11-15)25-26-18(27)12-5-7-19(29-2,8-6-12)20(22,23)24/h3-4,9,12,15H,5-8,10-11H2,1-2H3. The SMILES string of the molecule is COC1Cc2cc(Cl)ccc2-n2c(nnc2C2CCC(OC)(C(F)(F)F)CC2)C1. The van der Waals surface area contributed by atoms with E-state index >= 15 is 0 Å². The summed E-state index contributed by atoms with van der Waals surface area (Å²) in [5, 5.41) is 9.38. The summed E-state index contributed by atoms with van der Waals surface area (Å²) in [6.45, 7) is 0. The molecular weight excluding hydrogens is 407 g/mol. The zero-order valence-electron chi connectivity index (χ0n) is 16.3. The van der Waals surface area contributed by atoms with Crippen LogP contribution in [0.5, 0.6) is 0 Å². The Balaban J connectivity index is 1.70. The molecule has 4 rings (SSSR count). The van der Waals surface area contributed by atoms with Gasteiger partial charge in [-0.2, -0.15) is 13.2 Å². The fourth-order valence-electron chi connectivity index (χ4n) is 4.56. The lowest BCUT2D eigenvalue weighted by Gasteiger charge is -2.40. The van der Waals surface area contributed by atoms with Crippen molar-refractivity contribution in [3.63, 3.8) is 0 Å². The third kappa shape index (κ3) is 3.55. The molecule has 2 aliphatic rings. The summed E-state index contributed by atoms with van der Waals surface area (Å²) in [5.41, 5.74) is -0.137. The molecule has 0 N–H and O–H groups in total. The lowest BCUT2D eigenvalue weighted by molar-refractivity contribution is -0.280. The number of ether oxygens (including phenoxy) is 2. The van der Waals surface area contributed by atoms with Gasteiger partial charge in [0.1, 0.15) is 11.6 Å². The molecule has 5 nitrogen and oxygen atoms in total. The highest BCUT2D eigenvalue weighted by molar-refractivity contribution is 6.30. The van der Waals surface area contributed by atoms with Gasteiger partial charge in [-0.15, -0.1) is 10.2 Å². The molecule has 1 atom stereocenters. The zero-order chi connectivity index (χ0) is 20.8. The Hall–Kier alpha value is -1.64. The molecule has 0 amide bonds. The van der Waals surface area contributed by atoms with Gasteiger partial charge < -0.3 is 9.47 Å². The highest BCUT2D eigenvalue weighted by Gasteiger charge is 2.56. The van der Waals surface area contributed by atoms with E-state index in [2.05, 4.69) is 10.2 Å². The van der Waals surface area contributed by atoms with Crippen LogP contribution in [-0.4, -0.2) is 46.9 Å². The number of hydrogen-bond donors (Lipinski definition) is 0. The van der Waals surface area contributed by atoms with Gasteiger partial charge in [0, 0.05) is 38.0 Å². The van der Waals surface area contributed by atoms with E-state index in [-0.39, 0.29) is 24.9 Å². The highest BCUT2D eigenvalue weighted by atomic mass is 35.5. The van der Waals surface area contributed by atoms with Crippen molar-refractivity contribution in [3.05, 3.63) is 40.4 Å². The molecule has 0 saturated heterocycles. The molecule has 29 heavy (non-hydrogen) atoms. The molecule has 158 valence electrons. The van der Waals surface area contributed by atoms with Crippen molar-refractivity contribution < 1.29 is 22.6 Å². The Bertz CT molecular complexity index is 892. The maximum atomic E-state index is 13.5. The number of fused-ring (bicyclic) bond motifs is 3. The average molecular weight is 430 g/mol. The minimum atomic E-state index is -4.39. The predicted molar refractivity (Wildman–Crippen MR) is 102 cm³/mol. The second-order valence-corrected chi connectivity index (χ2v) is 8.26. The van der Waals surface area contributed by atoms with Gasteiger partial charge in [-0.05, 0) is 49.4 Å². The second-order valence-electron chi connectivity index (χ2n) is 7.82. The summed E-state index contributed by atoms with van der Waals surface area (Å²) in [4.78, 5) is 0. The van der Waals surface area contributed by atoms with Gasteiger partial charge >= 0.3 is 6.18 Å². The van der Waals surface area contributed by atoms with Gasteiger partial charge in [0.15, 0.2) is 5.60 Å². The van der Waals surface area contributed by atoms with Crippen molar-refractivity contribution in [1.82, 2.24) is 14.8 Å². The molecule has 1 unspecified atom stereocenters. The molecule has 1 aliphatic heterocycles. The normalized spacial score (nSPS) is 27.2. The summed E-state index contributed by atoms with van der Waals surface area (Å²) in [7, 11) is 2.80. The number of methoxy groups -OCH3 is 2. The van der Waals surface area contributed by atoms with Crippen LogP contribution < -0.4 is 0 Å². The first-order chi connectivity index (χ1) is 13.8. The number of aromatic nitrogens is 3. The van der Waals surface area contributed by atoms with Crippen LogP contribution in [0.25, 0.3) is 5.69 Å². The van der Waals surface area contributed by atoms with Crippen LogP contribution in [0.4, 0.5) is 13.2 Å². The minimum absolute atomic E-state index is 0.0664. The Morgan fingerprint density at radius 1 is 1.14 bits per heavy atom. The Morgan fingerprint density at radius 2 is 1.86 bits per heavy atom. The monoisotopic (exact) mass is 429 g/mol. The molecule has 2 heterocycles. The molecule has 9 heteroatoms. The molecule has 1 saturated carbocycles. The maximum Gasteiger partial charge on any atom is 0.417 e. The van der Waals surface area contributed by atoms with Gasteiger partial charge in [0.25, 0.3) is 0 Å². The van der Waals surface area contributed by atoms with E-state index in [4.69, 9.17) is 21.1 Å². The third-order valence-corrected chi connectivity index (χ3v) is 6.53. The number of halogens is 4. The minimum Gasteiger partial charge on any atom is -0.381 e. The highest BCUT2D eigenvalue weighted by Crippen LogP contribution is 2.48. The number of alkyl halides is 3. The predicted octanol–water partition coefficient (Wildman–Crippen LogP) is 4.64. The van der Waals surface area contributed by atoms with Crippen molar-refractivity contribution in [2.45, 2.75) is 62.3 Å². The summed E-state index contributed by atoms with van der Waals surface area (Å²) >= 11 is 6.20. The van der Waals surface area contributed by atoms with E-state index in [0.717, 1.165) is 24.2 Å². The quantitative estimate of drug-likeness (QED) is 0.713. The van der Waals surface area contributed by atoms with E-state index in [0.29, 0.717) is 36.5 Å². The summed E-state index contributed by atoms with van der Waals surface area (Å²) in [5.74, 6) is 1.34. The Kier molecular flexibility index (Phi) is 5.38. The van der Waals surface area contributed by atoms with Crippen LogP contribution in [0.3, 0.4) is 0 Å². The first kappa shape index (κ1) is 20.6. The van der Waals surface area contributed by atoms with Crippen LogP contribution in [0.1, 0.15) is 48.8 Å². The maximum absolute atomic E-state index is 13.5. The van der Waals surface area contributed by atoms with E-state index in [1.54, 1.807) is 7.11 Å². The van der Waals surface area contributed by atoms with E-state index in [1.165, 1.54) is 0 Å². The van der Waals surface area contributed by atoms with E-state index in [1.807, 2.05) is 22.8 Å². The van der Waals surface area contributed by atoms with E-state index in [9.17, 15) is 13.2 Å². The van der Waals surface area contributed by atoms with Crippen molar-refractivity contribution in [1.29, 1.82) is 0 Å². The fraction of sp³-hybridized carbons (Fsp3) is 0.600. The first-order valence-corrected chi connectivity index (χ1v) is 10.0. The van der Waals surface area contributed by atoms with Gasteiger partial charge in [0.2, 0.25) is 0 Å². The van der Waals surface area contributed by atoms with Crippen molar-refractivity contribution in [3.8, 4) is 5.69 Å². The first-order valence-electron chi connectivity index (χ1n) is 9.65. The lowest BCUT2D eigenvalue weighted by atomic mass is 9.77. The van der Waals surface area contributed by atoms with Crippen LogP contribution in [0.15, 0.2) is 18.2 Å². The number of nitrogens with zero attached hydrogens (tertiary/aromatic N) is 3. The molecule has 0 radical (unpaired) electrons. The van der Waals surface area contributed by atoms with Gasteiger partial charge in [-0.3, -0.25) is 4.57 Å².